The second kappa shape index (κ2) is 6.08. The molecule has 0 heterocycles. The molecular formula is C14H9FN2O5. The number of nitrogens with zero attached hydrogens (tertiary/aromatic N) is 2. The van der Waals surface area contributed by atoms with Gasteiger partial charge in [-0.25, -0.2) is 4.39 Å². The summed E-state index contributed by atoms with van der Waals surface area (Å²) in [5.74, 6) is -0.949. The number of non-ortho nitro benzene ring substituents is 1. The Morgan fingerprint density at radius 1 is 1.00 bits per heavy atom. The molecule has 0 unspecified atom stereocenters. The monoisotopic (exact) mass is 304 g/mol. The van der Waals surface area contributed by atoms with Gasteiger partial charge in [-0.1, -0.05) is 0 Å². The fourth-order valence-electron chi connectivity index (χ4n) is 1.90. The first-order valence-corrected chi connectivity index (χ1v) is 6.09. The molecule has 0 aromatic heterocycles. The first kappa shape index (κ1) is 15.2. The van der Waals surface area contributed by atoms with Crippen LogP contribution in [0.4, 0.5) is 15.8 Å². The molecule has 8 heteroatoms. The van der Waals surface area contributed by atoms with Crippen LogP contribution in [0.25, 0.3) is 0 Å². The van der Waals surface area contributed by atoms with E-state index < -0.39 is 32.8 Å². The molecule has 0 amide bonds. The molecule has 2 rings (SSSR count). The Labute approximate surface area is 123 Å². The summed E-state index contributed by atoms with van der Waals surface area (Å²) in [7, 11) is 0. The molecule has 112 valence electrons. The number of carbonyl (C=O) groups excluding carboxylic acids is 1. The zero-order chi connectivity index (χ0) is 16.3. The van der Waals surface area contributed by atoms with Gasteiger partial charge in [-0.2, -0.15) is 0 Å². The summed E-state index contributed by atoms with van der Waals surface area (Å²) in [6.07, 6.45) is -0.306. The van der Waals surface area contributed by atoms with Gasteiger partial charge in [-0.3, -0.25) is 25.0 Å². The van der Waals surface area contributed by atoms with Crippen LogP contribution in [0, 0.1) is 26.0 Å². The van der Waals surface area contributed by atoms with E-state index in [1.165, 1.54) is 18.2 Å². The maximum atomic E-state index is 12.8. The number of hydrogen-bond donors (Lipinski definition) is 0. The Morgan fingerprint density at radius 2 is 1.64 bits per heavy atom. The number of nitro benzene ring substituents is 2. The van der Waals surface area contributed by atoms with Gasteiger partial charge < -0.3 is 0 Å². The molecule has 0 spiro atoms. The Bertz CT molecular complexity index is 758. The molecule has 7 nitrogen and oxygen atoms in total. The minimum atomic E-state index is -0.778. The Morgan fingerprint density at radius 3 is 2.18 bits per heavy atom. The van der Waals surface area contributed by atoms with Crippen LogP contribution < -0.4 is 0 Å². The van der Waals surface area contributed by atoms with Crippen molar-refractivity contribution in [3.63, 3.8) is 0 Å². The molecule has 0 radical (unpaired) electrons. The number of halogens is 1. The van der Waals surface area contributed by atoms with E-state index in [1.54, 1.807) is 0 Å². The highest BCUT2D eigenvalue weighted by molar-refractivity contribution is 5.98. The molecule has 2 aromatic rings. The van der Waals surface area contributed by atoms with E-state index in [-0.39, 0.29) is 17.5 Å². The van der Waals surface area contributed by atoms with Crippen LogP contribution in [-0.2, 0) is 6.42 Å². The normalized spacial score (nSPS) is 10.2. The smallest absolute Gasteiger partial charge is 0.279 e. The third kappa shape index (κ3) is 3.29. The lowest BCUT2D eigenvalue weighted by molar-refractivity contribution is -0.394. The van der Waals surface area contributed by atoms with Crippen molar-refractivity contribution in [1.82, 2.24) is 0 Å². The molecule has 0 aliphatic rings. The van der Waals surface area contributed by atoms with Crippen molar-refractivity contribution >= 4 is 17.2 Å². The highest BCUT2D eigenvalue weighted by Crippen LogP contribution is 2.25. The highest BCUT2D eigenvalue weighted by Gasteiger charge is 2.21. The van der Waals surface area contributed by atoms with Crippen LogP contribution in [0.1, 0.15) is 15.9 Å². The minimum absolute atomic E-state index is 0.0601. The van der Waals surface area contributed by atoms with Crippen LogP contribution >= 0.6 is 0 Å². The quantitative estimate of drug-likeness (QED) is 0.479. The van der Waals surface area contributed by atoms with E-state index in [4.69, 9.17) is 0 Å². The topological polar surface area (TPSA) is 103 Å². The minimum Gasteiger partial charge on any atom is -0.294 e. The fraction of sp³-hybridized carbons (Fsp3) is 0.0714. The van der Waals surface area contributed by atoms with Crippen molar-refractivity contribution in [3.05, 3.63) is 79.6 Å². The third-order valence-corrected chi connectivity index (χ3v) is 2.99. The van der Waals surface area contributed by atoms with E-state index in [2.05, 4.69) is 0 Å². The number of ketones is 1. The zero-order valence-electron chi connectivity index (χ0n) is 11.1. The van der Waals surface area contributed by atoms with Crippen molar-refractivity contribution in [2.24, 2.45) is 0 Å². The summed E-state index contributed by atoms with van der Waals surface area (Å²) >= 11 is 0. The molecular weight excluding hydrogens is 295 g/mol. The summed E-state index contributed by atoms with van der Waals surface area (Å²) in [6, 6.07) is 7.85. The standard InChI is InChI=1S/C14H9FN2O5/c15-11-4-1-9(2-5-11)14(18)7-10-3-6-12(16(19)20)8-13(10)17(21)22/h1-6,8H,7H2. The van der Waals surface area contributed by atoms with E-state index >= 15 is 0 Å². The van der Waals surface area contributed by atoms with E-state index in [0.717, 1.165) is 24.3 Å². The van der Waals surface area contributed by atoms with Gasteiger partial charge in [-0.05, 0) is 30.3 Å². The lowest BCUT2D eigenvalue weighted by Crippen LogP contribution is -2.06. The van der Waals surface area contributed by atoms with Crippen LogP contribution in [-0.4, -0.2) is 15.6 Å². The van der Waals surface area contributed by atoms with Crippen molar-refractivity contribution in [3.8, 4) is 0 Å². The predicted molar refractivity (Wildman–Crippen MR) is 74.2 cm³/mol. The Balaban J connectivity index is 2.32. The lowest BCUT2D eigenvalue weighted by atomic mass is 10.0. The molecule has 0 fully saturated rings. The zero-order valence-corrected chi connectivity index (χ0v) is 11.1. The van der Waals surface area contributed by atoms with Crippen molar-refractivity contribution in [2.45, 2.75) is 6.42 Å². The number of benzene rings is 2. The first-order valence-electron chi connectivity index (χ1n) is 6.09. The Kier molecular flexibility index (Phi) is 4.21. The second-order valence-corrected chi connectivity index (χ2v) is 4.43. The molecule has 2 aromatic carbocycles. The lowest BCUT2D eigenvalue weighted by Gasteiger charge is -2.03. The molecule has 22 heavy (non-hydrogen) atoms. The van der Waals surface area contributed by atoms with Gasteiger partial charge in [0, 0.05) is 23.6 Å². The van der Waals surface area contributed by atoms with Crippen LogP contribution in [0.15, 0.2) is 42.5 Å². The van der Waals surface area contributed by atoms with Crippen LogP contribution in [0.2, 0.25) is 0 Å². The molecule has 0 saturated heterocycles. The summed E-state index contributed by atoms with van der Waals surface area (Å²) in [5.41, 5.74) is -0.659. The highest BCUT2D eigenvalue weighted by atomic mass is 19.1. The number of carbonyl (C=O) groups is 1. The summed E-state index contributed by atoms with van der Waals surface area (Å²) < 4.78 is 12.8. The molecule has 0 N–H and O–H groups in total. The molecule has 0 atom stereocenters. The maximum Gasteiger partial charge on any atom is 0.279 e. The van der Waals surface area contributed by atoms with Gasteiger partial charge in [0.25, 0.3) is 11.4 Å². The Hall–Kier alpha value is -3.16. The van der Waals surface area contributed by atoms with E-state index in [9.17, 15) is 29.4 Å². The second-order valence-electron chi connectivity index (χ2n) is 4.43. The van der Waals surface area contributed by atoms with Gasteiger partial charge in [-0.15, -0.1) is 0 Å². The van der Waals surface area contributed by atoms with Gasteiger partial charge in [0.05, 0.1) is 15.9 Å². The van der Waals surface area contributed by atoms with Gasteiger partial charge >= 0.3 is 0 Å². The van der Waals surface area contributed by atoms with Gasteiger partial charge in [0.15, 0.2) is 5.78 Å². The predicted octanol–water partition coefficient (Wildman–Crippen LogP) is 3.07. The summed E-state index contributed by atoms with van der Waals surface area (Å²) in [6.45, 7) is 0. The molecule has 0 bridgehead atoms. The molecule has 0 aliphatic carbocycles. The van der Waals surface area contributed by atoms with Crippen LogP contribution in [0.5, 0.6) is 0 Å². The van der Waals surface area contributed by atoms with Gasteiger partial charge in [0.1, 0.15) is 5.82 Å². The van der Waals surface area contributed by atoms with E-state index in [0.29, 0.717) is 0 Å². The number of rotatable bonds is 5. The average Bonchev–Trinajstić information content (AvgIpc) is 2.47. The van der Waals surface area contributed by atoms with E-state index in [1.807, 2.05) is 0 Å². The first-order chi connectivity index (χ1) is 10.4. The number of nitro groups is 2. The maximum absolute atomic E-state index is 12.8. The van der Waals surface area contributed by atoms with Crippen molar-refractivity contribution in [1.29, 1.82) is 0 Å². The largest absolute Gasteiger partial charge is 0.294 e. The SMILES string of the molecule is O=C(Cc1ccc([N+](=O)[O-])cc1[N+](=O)[O-])c1ccc(F)cc1. The molecule has 0 saturated carbocycles. The summed E-state index contributed by atoms with van der Waals surface area (Å²) in [4.78, 5) is 32.1. The van der Waals surface area contributed by atoms with Crippen molar-refractivity contribution < 1.29 is 19.0 Å². The number of hydrogen-bond acceptors (Lipinski definition) is 5. The van der Waals surface area contributed by atoms with Crippen LogP contribution in [0.3, 0.4) is 0 Å². The average molecular weight is 304 g/mol. The van der Waals surface area contributed by atoms with Gasteiger partial charge in [0.2, 0.25) is 0 Å². The van der Waals surface area contributed by atoms with Crippen molar-refractivity contribution in [2.75, 3.05) is 0 Å². The molecule has 0 aliphatic heterocycles. The number of Topliss-reactive ketones (excluding diaryl/α,β-unsaturated/α-hetero) is 1. The fourth-order valence-corrected chi connectivity index (χ4v) is 1.90. The third-order valence-electron chi connectivity index (χ3n) is 2.99. The summed E-state index contributed by atoms with van der Waals surface area (Å²) in [5, 5.41) is 21.6.